The maximum Gasteiger partial charge on any atom is 0.248 e. The van der Waals surface area contributed by atoms with Gasteiger partial charge in [0, 0.05) is 25.2 Å². The summed E-state index contributed by atoms with van der Waals surface area (Å²) in [6, 6.07) is 5.54. The molecule has 2 heterocycles. The zero-order valence-electron chi connectivity index (χ0n) is 15.6. The first-order valence-corrected chi connectivity index (χ1v) is 10.7. The van der Waals surface area contributed by atoms with Crippen molar-refractivity contribution in [3.8, 4) is 0 Å². The summed E-state index contributed by atoms with van der Waals surface area (Å²) in [6.45, 7) is 2.17. The van der Waals surface area contributed by atoms with Gasteiger partial charge in [0.05, 0.1) is 10.9 Å². The van der Waals surface area contributed by atoms with E-state index in [2.05, 4.69) is 10.6 Å². The number of amides is 2. The van der Waals surface area contributed by atoms with Crippen LogP contribution in [-0.2, 0) is 14.8 Å². The normalized spacial score (nSPS) is 23.0. The number of sulfonamides is 1. The van der Waals surface area contributed by atoms with E-state index >= 15 is 0 Å². The van der Waals surface area contributed by atoms with Crippen molar-refractivity contribution in [1.82, 2.24) is 14.9 Å². The predicted molar refractivity (Wildman–Crippen MR) is 108 cm³/mol. The summed E-state index contributed by atoms with van der Waals surface area (Å²) in [5.41, 5.74) is 5.47. The molecule has 3 rings (SSSR count). The zero-order chi connectivity index (χ0) is 19.4. The number of carbonyl (C=O) groups is 2. The molecule has 2 aliphatic rings. The van der Waals surface area contributed by atoms with Crippen molar-refractivity contribution in [1.29, 1.82) is 0 Å². The van der Waals surface area contributed by atoms with E-state index in [4.69, 9.17) is 5.73 Å². The van der Waals surface area contributed by atoms with Gasteiger partial charge in [-0.25, -0.2) is 8.42 Å². The van der Waals surface area contributed by atoms with Crippen LogP contribution < -0.4 is 16.4 Å². The Bertz CT molecular complexity index is 794. The van der Waals surface area contributed by atoms with Gasteiger partial charge in [-0.3, -0.25) is 9.59 Å². The molecule has 2 unspecified atom stereocenters. The molecule has 2 aliphatic heterocycles. The average molecular weight is 431 g/mol. The zero-order valence-corrected chi connectivity index (χ0v) is 17.2. The third-order valence-electron chi connectivity index (χ3n) is 5.20. The highest BCUT2D eigenvalue weighted by Crippen LogP contribution is 2.24. The van der Waals surface area contributed by atoms with Crippen molar-refractivity contribution in [2.75, 3.05) is 26.2 Å². The van der Waals surface area contributed by atoms with Crippen LogP contribution in [0.4, 0.5) is 0 Å². The molecule has 1 aromatic rings. The molecule has 2 saturated heterocycles. The van der Waals surface area contributed by atoms with E-state index in [1.54, 1.807) is 0 Å². The standard InChI is InChI=1S/C18H26N4O4S.ClH/c19-17(23)14-5-7-15(8-6-14)27(25,26)22-10-2-3-13(12-22)11-21-18(24)16-4-1-9-20-16;/h5-8,13,16,20H,1-4,9-12H2,(H2,19,23)(H,21,24);1H. The summed E-state index contributed by atoms with van der Waals surface area (Å²) in [6.07, 6.45) is 3.48. The van der Waals surface area contributed by atoms with Crippen LogP contribution in [0.1, 0.15) is 36.0 Å². The van der Waals surface area contributed by atoms with Gasteiger partial charge in [0.15, 0.2) is 0 Å². The van der Waals surface area contributed by atoms with Gasteiger partial charge in [-0.1, -0.05) is 0 Å². The summed E-state index contributed by atoms with van der Waals surface area (Å²) >= 11 is 0. The second-order valence-electron chi connectivity index (χ2n) is 7.15. The Labute approximate surface area is 171 Å². The fourth-order valence-corrected chi connectivity index (χ4v) is 5.18. The lowest BCUT2D eigenvalue weighted by Gasteiger charge is -2.32. The van der Waals surface area contributed by atoms with Crippen molar-refractivity contribution in [3.63, 3.8) is 0 Å². The molecule has 28 heavy (non-hydrogen) atoms. The SMILES string of the molecule is Cl.NC(=O)c1ccc(S(=O)(=O)N2CCCC(CNC(=O)C3CCCN3)C2)cc1. The Morgan fingerprint density at radius 1 is 1.18 bits per heavy atom. The Hall–Kier alpha value is -1.68. The van der Waals surface area contributed by atoms with Crippen LogP contribution in [-0.4, -0.2) is 56.8 Å². The number of nitrogens with two attached hydrogens (primary N) is 1. The number of piperidine rings is 1. The number of nitrogens with zero attached hydrogens (tertiary/aromatic N) is 1. The van der Waals surface area contributed by atoms with Crippen molar-refractivity contribution in [2.24, 2.45) is 11.7 Å². The van der Waals surface area contributed by atoms with E-state index in [0.717, 1.165) is 32.2 Å². The van der Waals surface area contributed by atoms with Crippen molar-refractivity contribution >= 4 is 34.2 Å². The van der Waals surface area contributed by atoms with E-state index in [1.807, 2.05) is 0 Å². The molecule has 2 atom stereocenters. The average Bonchev–Trinajstić information content (AvgIpc) is 3.21. The lowest BCUT2D eigenvalue weighted by molar-refractivity contribution is -0.123. The highest BCUT2D eigenvalue weighted by atomic mass is 35.5. The third-order valence-corrected chi connectivity index (χ3v) is 7.08. The van der Waals surface area contributed by atoms with Crippen LogP contribution in [0, 0.1) is 5.92 Å². The minimum Gasteiger partial charge on any atom is -0.366 e. The molecule has 8 nitrogen and oxygen atoms in total. The maximum absolute atomic E-state index is 12.9. The predicted octanol–water partition coefficient (Wildman–Crippen LogP) is 0.476. The van der Waals surface area contributed by atoms with E-state index in [9.17, 15) is 18.0 Å². The summed E-state index contributed by atoms with van der Waals surface area (Å²) in [7, 11) is -3.64. The van der Waals surface area contributed by atoms with Crippen molar-refractivity contribution < 1.29 is 18.0 Å². The van der Waals surface area contributed by atoms with Gasteiger partial charge in [-0.15, -0.1) is 12.4 Å². The van der Waals surface area contributed by atoms with Crippen LogP contribution in [0.25, 0.3) is 0 Å². The second-order valence-corrected chi connectivity index (χ2v) is 9.09. The number of primary amides is 1. The van der Waals surface area contributed by atoms with Gasteiger partial charge in [0.25, 0.3) is 0 Å². The molecule has 0 aromatic heterocycles. The number of nitrogens with one attached hydrogen (secondary N) is 2. The van der Waals surface area contributed by atoms with Gasteiger partial charge >= 0.3 is 0 Å². The molecule has 0 spiro atoms. The smallest absolute Gasteiger partial charge is 0.248 e. The topological polar surface area (TPSA) is 122 Å². The molecule has 0 bridgehead atoms. The highest BCUT2D eigenvalue weighted by Gasteiger charge is 2.31. The summed E-state index contributed by atoms with van der Waals surface area (Å²) < 4.78 is 27.2. The fraction of sp³-hybridized carbons (Fsp3) is 0.556. The molecule has 2 fully saturated rings. The lowest BCUT2D eigenvalue weighted by atomic mass is 9.99. The van der Waals surface area contributed by atoms with Gasteiger partial charge in [0.1, 0.15) is 0 Å². The van der Waals surface area contributed by atoms with Gasteiger partial charge < -0.3 is 16.4 Å². The molecule has 2 amide bonds. The van der Waals surface area contributed by atoms with Crippen LogP contribution in [0.5, 0.6) is 0 Å². The first-order valence-electron chi connectivity index (χ1n) is 9.29. The summed E-state index contributed by atoms with van der Waals surface area (Å²) in [4.78, 5) is 23.4. The van der Waals surface area contributed by atoms with Crippen LogP contribution in [0.15, 0.2) is 29.2 Å². The maximum atomic E-state index is 12.9. The Morgan fingerprint density at radius 3 is 2.50 bits per heavy atom. The van der Waals surface area contributed by atoms with Gasteiger partial charge in [-0.05, 0) is 62.4 Å². The minimum absolute atomic E-state index is 0. The molecule has 10 heteroatoms. The molecule has 4 N–H and O–H groups in total. The minimum atomic E-state index is -3.64. The van der Waals surface area contributed by atoms with Crippen LogP contribution >= 0.6 is 12.4 Å². The molecular weight excluding hydrogens is 404 g/mol. The van der Waals surface area contributed by atoms with Crippen molar-refractivity contribution in [3.05, 3.63) is 29.8 Å². The monoisotopic (exact) mass is 430 g/mol. The third kappa shape index (κ3) is 5.22. The quantitative estimate of drug-likeness (QED) is 0.605. The van der Waals surface area contributed by atoms with Crippen molar-refractivity contribution in [2.45, 2.75) is 36.6 Å². The number of carbonyl (C=O) groups excluding carboxylic acids is 2. The molecule has 0 aliphatic carbocycles. The van der Waals surface area contributed by atoms with Crippen LogP contribution in [0.3, 0.4) is 0 Å². The van der Waals surface area contributed by atoms with Gasteiger partial charge in [0.2, 0.25) is 21.8 Å². The highest BCUT2D eigenvalue weighted by molar-refractivity contribution is 7.89. The largest absolute Gasteiger partial charge is 0.366 e. The van der Waals surface area contributed by atoms with Crippen LogP contribution in [0.2, 0.25) is 0 Å². The number of hydrogen-bond donors (Lipinski definition) is 3. The Morgan fingerprint density at radius 2 is 1.89 bits per heavy atom. The first kappa shape index (κ1) is 22.6. The van der Waals surface area contributed by atoms with E-state index in [0.29, 0.717) is 19.6 Å². The van der Waals surface area contributed by atoms with E-state index < -0.39 is 15.9 Å². The van der Waals surface area contributed by atoms with Gasteiger partial charge in [-0.2, -0.15) is 4.31 Å². The molecule has 156 valence electrons. The Balaban J connectivity index is 0.00000280. The molecule has 0 saturated carbocycles. The molecule has 0 radical (unpaired) electrons. The number of rotatable bonds is 6. The summed E-state index contributed by atoms with van der Waals surface area (Å²) in [5.74, 6) is -0.511. The fourth-order valence-electron chi connectivity index (χ4n) is 3.63. The number of hydrogen-bond acceptors (Lipinski definition) is 5. The Kier molecular flexibility index (Phi) is 7.82. The number of benzene rings is 1. The van der Waals surface area contributed by atoms with E-state index in [-0.39, 0.29) is 40.7 Å². The van der Waals surface area contributed by atoms with E-state index in [1.165, 1.54) is 28.6 Å². The number of halogens is 1. The molecule has 1 aromatic carbocycles. The lowest BCUT2D eigenvalue weighted by Crippen LogP contribution is -2.46. The first-order chi connectivity index (χ1) is 12.9. The molecular formula is C18H27ClN4O4S. The summed E-state index contributed by atoms with van der Waals surface area (Å²) in [5, 5.41) is 6.11. The second kappa shape index (κ2) is 9.69.